The number of nitrogens with one attached hydrogen (secondary N) is 1. The first-order valence-electron chi connectivity index (χ1n) is 11.3. The van der Waals surface area contributed by atoms with Crippen molar-refractivity contribution in [2.24, 2.45) is 5.92 Å². The Morgan fingerprint density at radius 3 is 2.69 bits per heavy atom. The van der Waals surface area contributed by atoms with E-state index < -0.39 is 9.84 Å². The Hall–Kier alpha value is -2.55. The highest BCUT2D eigenvalue weighted by Gasteiger charge is 2.29. The number of nitrogens with zero attached hydrogens (tertiary/aromatic N) is 3. The van der Waals surface area contributed by atoms with Crippen molar-refractivity contribution >= 4 is 21.4 Å². The number of piperidine rings is 2. The predicted molar refractivity (Wildman–Crippen MR) is 123 cm³/mol. The second-order valence-electron chi connectivity index (χ2n) is 8.88. The molecule has 8 nitrogen and oxygen atoms in total. The van der Waals surface area contributed by atoms with E-state index in [9.17, 15) is 13.2 Å². The first kappa shape index (κ1) is 22.6. The molecule has 3 heterocycles. The van der Waals surface area contributed by atoms with Crippen molar-refractivity contribution in [2.75, 3.05) is 44.4 Å². The number of ether oxygens (including phenoxy) is 1. The van der Waals surface area contributed by atoms with Crippen LogP contribution in [0.15, 0.2) is 29.3 Å². The largest absolute Gasteiger partial charge is 0.496 e. The highest BCUT2D eigenvalue weighted by atomic mass is 32.2. The Labute approximate surface area is 189 Å². The number of hydrogen-bond acceptors (Lipinski definition) is 6. The van der Waals surface area contributed by atoms with Crippen LogP contribution in [0.5, 0.6) is 5.75 Å². The Morgan fingerprint density at radius 2 is 1.97 bits per heavy atom. The number of rotatable bonds is 6. The Kier molecular flexibility index (Phi) is 6.74. The lowest BCUT2D eigenvalue weighted by Crippen LogP contribution is -2.41. The van der Waals surface area contributed by atoms with Crippen LogP contribution in [0.25, 0.3) is 0 Å². The van der Waals surface area contributed by atoms with Gasteiger partial charge in [-0.2, -0.15) is 5.10 Å². The molecule has 2 aliphatic rings. The molecule has 2 aliphatic heterocycles. The molecule has 1 atom stereocenters. The van der Waals surface area contributed by atoms with Gasteiger partial charge in [-0.05, 0) is 62.6 Å². The number of amides is 1. The predicted octanol–water partition coefficient (Wildman–Crippen LogP) is 2.91. The van der Waals surface area contributed by atoms with Crippen LogP contribution in [0, 0.1) is 5.92 Å². The van der Waals surface area contributed by atoms with Crippen LogP contribution in [0.4, 0.5) is 5.69 Å². The van der Waals surface area contributed by atoms with Gasteiger partial charge in [-0.15, -0.1) is 0 Å². The fourth-order valence-corrected chi connectivity index (χ4v) is 5.68. The van der Waals surface area contributed by atoms with Crippen molar-refractivity contribution in [3.63, 3.8) is 0 Å². The molecular weight excluding hydrogens is 428 g/mol. The number of sulfone groups is 1. The molecule has 32 heavy (non-hydrogen) atoms. The maximum Gasteiger partial charge on any atom is 0.257 e. The van der Waals surface area contributed by atoms with Crippen molar-refractivity contribution in [3.05, 3.63) is 35.7 Å². The summed E-state index contributed by atoms with van der Waals surface area (Å²) in [7, 11) is -1.74. The zero-order chi connectivity index (χ0) is 22.7. The molecule has 9 heteroatoms. The van der Waals surface area contributed by atoms with Gasteiger partial charge >= 0.3 is 0 Å². The molecule has 0 spiro atoms. The molecule has 1 amide bonds. The van der Waals surface area contributed by atoms with Gasteiger partial charge in [-0.25, -0.2) is 8.42 Å². The van der Waals surface area contributed by atoms with Gasteiger partial charge in [-0.3, -0.25) is 9.89 Å². The molecule has 2 aromatic rings. The molecule has 4 rings (SSSR count). The second-order valence-corrected chi connectivity index (χ2v) is 10.9. The highest BCUT2D eigenvalue weighted by Crippen LogP contribution is 2.30. The van der Waals surface area contributed by atoms with E-state index in [1.807, 2.05) is 23.1 Å². The van der Waals surface area contributed by atoms with Crippen molar-refractivity contribution in [1.29, 1.82) is 0 Å². The third kappa shape index (κ3) is 4.92. The number of aromatic nitrogens is 2. The minimum atomic E-state index is -3.33. The molecule has 1 aromatic heterocycles. The number of H-pyrrole nitrogens is 1. The summed E-state index contributed by atoms with van der Waals surface area (Å²) in [5.74, 6) is 0.731. The number of likely N-dealkylation sites (tertiary alicyclic amines) is 1. The van der Waals surface area contributed by atoms with Crippen molar-refractivity contribution in [2.45, 2.75) is 43.4 Å². The average Bonchev–Trinajstić information content (AvgIpc) is 3.28. The van der Waals surface area contributed by atoms with E-state index >= 15 is 0 Å². The van der Waals surface area contributed by atoms with E-state index in [1.165, 1.54) is 31.7 Å². The van der Waals surface area contributed by atoms with Gasteiger partial charge in [0.2, 0.25) is 0 Å². The zero-order valence-electron chi connectivity index (χ0n) is 18.8. The number of hydrogen-bond donors (Lipinski definition) is 1. The van der Waals surface area contributed by atoms with E-state index in [1.54, 1.807) is 7.11 Å². The van der Waals surface area contributed by atoms with Gasteiger partial charge in [0.25, 0.3) is 5.91 Å². The van der Waals surface area contributed by atoms with Gasteiger partial charge in [0.05, 0.1) is 24.6 Å². The van der Waals surface area contributed by atoms with Gasteiger partial charge < -0.3 is 14.5 Å². The second kappa shape index (κ2) is 9.52. The number of carbonyl (C=O) groups excluding carboxylic acids is 1. The van der Waals surface area contributed by atoms with Crippen molar-refractivity contribution < 1.29 is 17.9 Å². The molecule has 1 aromatic carbocycles. The summed E-state index contributed by atoms with van der Waals surface area (Å²) in [4.78, 5) is 18.0. The van der Waals surface area contributed by atoms with Crippen LogP contribution in [-0.2, 0) is 16.3 Å². The zero-order valence-corrected chi connectivity index (χ0v) is 19.7. The Morgan fingerprint density at radius 1 is 1.19 bits per heavy atom. The normalized spacial score (nSPS) is 19.8. The average molecular weight is 461 g/mol. The lowest BCUT2D eigenvalue weighted by molar-refractivity contribution is 0.0669. The minimum absolute atomic E-state index is 0.0293. The summed E-state index contributed by atoms with van der Waals surface area (Å²) in [6, 6.07) is 5.89. The van der Waals surface area contributed by atoms with Gasteiger partial charge in [0, 0.05) is 38.1 Å². The SMILES string of the molecule is COc1ccc(N2CCCCC2)cc1C(=O)N1CCC[C@@H](Cc2[nH]ncc2S(C)(=O)=O)C1. The highest BCUT2D eigenvalue weighted by molar-refractivity contribution is 7.90. The van der Waals surface area contributed by atoms with Crippen molar-refractivity contribution in [1.82, 2.24) is 15.1 Å². The Balaban J connectivity index is 1.51. The molecule has 0 saturated carbocycles. The Bertz CT molecular complexity index is 1060. The molecule has 0 unspecified atom stereocenters. The van der Waals surface area contributed by atoms with Crippen LogP contribution in [-0.4, -0.2) is 69.0 Å². The summed E-state index contributed by atoms with van der Waals surface area (Å²) < 4.78 is 29.5. The molecule has 2 fully saturated rings. The molecule has 0 radical (unpaired) electrons. The number of aromatic amines is 1. The number of carbonyl (C=O) groups is 1. The smallest absolute Gasteiger partial charge is 0.257 e. The summed E-state index contributed by atoms with van der Waals surface area (Å²) >= 11 is 0. The fourth-order valence-electron chi connectivity index (χ4n) is 4.85. The molecule has 174 valence electrons. The third-order valence-corrected chi connectivity index (χ3v) is 7.66. The number of anilines is 1. The summed E-state index contributed by atoms with van der Waals surface area (Å²) in [5.41, 5.74) is 2.28. The van der Waals surface area contributed by atoms with Crippen LogP contribution in [0.2, 0.25) is 0 Å². The van der Waals surface area contributed by atoms with Crippen molar-refractivity contribution in [3.8, 4) is 5.75 Å². The van der Waals surface area contributed by atoms with Crippen LogP contribution < -0.4 is 9.64 Å². The topological polar surface area (TPSA) is 95.6 Å². The number of methoxy groups -OCH3 is 1. The monoisotopic (exact) mass is 460 g/mol. The van der Waals surface area contributed by atoms with Crippen LogP contribution in [0.3, 0.4) is 0 Å². The molecular formula is C23H32N4O4S. The first-order valence-corrected chi connectivity index (χ1v) is 13.2. The first-order chi connectivity index (χ1) is 15.4. The standard InChI is InChI=1S/C23H32N4O4S/c1-31-21-9-8-18(26-10-4-3-5-11-26)14-19(21)23(28)27-12-6-7-17(16-27)13-20-22(15-24-25-20)32(2,29)30/h8-9,14-15,17H,3-7,10-13,16H2,1-2H3,(H,24,25)/t17-/m0/s1. The third-order valence-electron chi connectivity index (χ3n) is 6.51. The van der Waals surface area contributed by atoms with E-state index in [-0.39, 0.29) is 16.7 Å². The number of benzene rings is 1. The van der Waals surface area contributed by atoms with Gasteiger partial charge in [-0.1, -0.05) is 0 Å². The van der Waals surface area contributed by atoms with E-state index in [0.717, 1.165) is 31.6 Å². The molecule has 1 N–H and O–H groups in total. The molecule has 0 aliphatic carbocycles. The summed E-state index contributed by atoms with van der Waals surface area (Å²) in [6.45, 7) is 3.30. The van der Waals surface area contributed by atoms with E-state index in [4.69, 9.17) is 4.74 Å². The molecule has 0 bridgehead atoms. The lowest BCUT2D eigenvalue weighted by atomic mass is 9.93. The maximum atomic E-state index is 13.5. The summed E-state index contributed by atoms with van der Waals surface area (Å²) in [6.07, 6.45) is 8.54. The van der Waals surface area contributed by atoms with Crippen LogP contribution >= 0.6 is 0 Å². The minimum Gasteiger partial charge on any atom is -0.496 e. The van der Waals surface area contributed by atoms with Gasteiger partial charge in [0.1, 0.15) is 10.6 Å². The van der Waals surface area contributed by atoms with Crippen LogP contribution in [0.1, 0.15) is 48.2 Å². The lowest BCUT2D eigenvalue weighted by Gasteiger charge is -2.34. The van der Waals surface area contributed by atoms with Gasteiger partial charge in [0.15, 0.2) is 9.84 Å². The quantitative estimate of drug-likeness (QED) is 0.712. The van der Waals surface area contributed by atoms with E-state index in [0.29, 0.717) is 36.5 Å². The van der Waals surface area contributed by atoms with E-state index in [2.05, 4.69) is 15.1 Å². The maximum absolute atomic E-state index is 13.5. The fraction of sp³-hybridized carbons (Fsp3) is 0.565. The summed E-state index contributed by atoms with van der Waals surface area (Å²) in [5, 5.41) is 6.77. The molecule has 2 saturated heterocycles.